The fourth-order valence-electron chi connectivity index (χ4n) is 5.11. The first-order chi connectivity index (χ1) is 10.8. The van der Waals surface area contributed by atoms with E-state index in [1.807, 2.05) is 0 Å². The van der Waals surface area contributed by atoms with Crippen LogP contribution in [0, 0.1) is 11.3 Å². The molecule has 0 radical (unpaired) electrons. The third-order valence-electron chi connectivity index (χ3n) is 6.35. The molecule has 0 aliphatic heterocycles. The maximum atomic E-state index is 12.5. The van der Waals surface area contributed by atoms with Crippen LogP contribution in [0.2, 0.25) is 0 Å². The van der Waals surface area contributed by atoms with Gasteiger partial charge in [-0.3, -0.25) is 4.79 Å². The molecule has 2 aliphatic rings. The largest absolute Gasteiger partial charge is 0.469 e. The van der Waals surface area contributed by atoms with Crippen LogP contribution in [0.15, 0.2) is 10.5 Å². The van der Waals surface area contributed by atoms with Gasteiger partial charge < -0.3 is 16.2 Å². The number of carbonyl (C=O) groups excluding carboxylic acids is 1. The molecule has 0 amide bonds. The highest BCUT2D eigenvalue weighted by atomic mass is 79.9. The molecule has 0 bridgehead atoms. The van der Waals surface area contributed by atoms with Crippen molar-refractivity contribution in [3.05, 3.63) is 21.7 Å². The Labute approximate surface area is 146 Å². The minimum atomic E-state index is -0.429. The number of fused-ring (bicyclic) bond motifs is 3. The van der Waals surface area contributed by atoms with E-state index in [9.17, 15) is 4.79 Å². The lowest BCUT2D eigenvalue weighted by Gasteiger charge is -2.54. The van der Waals surface area contributed by atoms with Crippen molar-refractivity contribution >= 4 is 33.3 Å². The van der Waals surface area contributed by atoms with E-state index in [4.69, 9.17) is 16.2 Å². The summed E-state index contributed by atoms with van der Waals surface area (Å²) in [5.41, 5.74) is 15.6. The van der Waals surface area contributed by atoms with Gasteiger partial charge in [0, 0.05) is 4.47 Å². The second kappa shape index (κ2) is 5.40. The molecule has 23 heavy (non-hydrogen) atoms. The number of nitrogen functional groups attached to an aromatic ring is 2. The van der Waals surface area contributed by atoms with Crippen LogP contribution in [-0.2, 0) is 21.4 Å². The number of benzene rings is 1. The smallest absolute Gasteiger partial charge is 0.311 e. The molecule has 1 unspecified atom stereocenters. The van der Waals surface area contributed by atoms with E-state index < -0.39 is 5.41 Å². The maximum absolute atomic E-state index is 12.5. The lowest BCUT2D eigenvalue weighted by atomic mass is 9.49. The van der Waals surface area contributed by atoms with Gasteiger partial charge in [-0.05, 0) is 77.1 Å². The normalized spacial score (nSPS) is 32.8. The molecular formula is C18H25BrN2O2. The van der Waals surface area contributed by atoms with Crippen molar-refractivity contribution < 1.29 is 9.53 Å². The van der Waals surface area contributed by atoms with Crippen molar-refractivity contribution in [3.63, 3.8) is 0 Å². The maximum Gasteiger partial charge on any atom is 0.311 e. The van der Waals surface area contributed by atoms with Gasteiger partial charge in [-0.15, -0.1) is 0 Å². The highest BCUT2D eigenvalue weighted by Crippen LogP contribution is 2.59. The van der Waals surface area contributed by atoms with Crippen LogP contribution in [0.25, 0.3) is 0 Å². The lowest BCUT2D eigenvalue weighted by Crippen LogP contribution is -2.52. The number of carbonyl (C=O) groups is 1. The van der Waals surface area contributed by atoms with E-state index in [0.29, 0.717) is 11.4 Å². The monoisotopic (exact) mass is 380 g/mol. The van der Waals surface area contributed by atoms with Crippen LogP contribution in [0.5, 0.6) is 0 Å². The quantitative estimate of drug-likeness (QED) is 0.573. The molecule has 5 heteroatoms. The summed E-state index contributed by atoms with van der Waals surface area (Å²) in [7, 11) is 1.49. The Bertz CT molecular complexity index is 675. The van der Waals surface area contributed by atoms with Crippen LogP contribution in [0.4, 0.5) is 11.4 Å². The molecule has 0 aromatic heterocycles. The standard InChI is InChI=1S/C18H25BrN2O2/c1-17-7-4-8-18(2,16(22)23-3)13(17)6-5-10-11(17)9-12(19)15(21)14(10)20/h9,13H,4-8,20-21H2,1-3H3/t13?,17-,18-/m1/s1. The fraction of sp³-hybridized carbons (Fsp3) is 0.611. The summed E-state index contributed by atoms with van der Waals surface area (Å²) in [5, 5.41) is 0. The number of halogens is 1. The number of hydrogen-bond acceptors (Lipinski definition) is 4. The van der Waals surface area contributed by atoms with Crippen molar-refractivity contribution in [2.45, 2.75) is 51.4 Å². The van der Waals surface area contributed by atoms with Gasteiger partial charge >= 0.3 is 5.97 Å². The molecule has 4 N–H and O–H groups in total. The molecule has 2 aliphatic carbocycles. The lowest BCUT2D eigenvalue weighted by molar-refractivity contribution is -0.161. The van der Waals surface area contributed by atoms with Crippen LogP contribution < -0.4 is 11.5 Å². The summed E-state index contributed by atoms with van der Waals surface area (Å²) in [6.45, 7) is 4.35. The Kier molecular flexibility index (Phi) is 3.90. The van der Waals surface area contributed by atoms with E-state index in [1.54, 1.807) is 0 Å². The number of hydrogen-bond donors (Lipinski definition) is 2. The molecule has 3 atom stereocenters. The summed E-state index contributed by atoms with van der Waals surface area (Å²) in [6.07, 6.45) is 4.78. The van der Waals surface area contributed by atoms with Crippen molar-refractivity contribution in [2.75, 3.05) is 18.6 Å². The van der Waals surface area contributed by atoms with Gasteiger partial charge in [-0.2, -0.15) is 0 Å². The number of methoxy groups -OCH3 is 1. The van der Waals surface area contributed by atoms with Crippen molar-refractivity contribution in [1.29, 1.82) is 0 Å². The van der Waals surface area contributed by atoms with Crippen molar-refractivity contribution in [3.8, 4) is 0 Å². The first-order valence-electron chi connectivity index (χ1n) is 8.21. The van der Waals surface area contributed by atoms with Gasteiger partial charge in [0.1, 0.15) is 0 Å². The Morgan fingerprint density at radius 2 is 2.00 bits per heavy atom. The van der Waals surface area contributed by atoms with E-state index in [2.05, 4.69) is 35.8 Å². The fourth-order valence-corrected chi connectivity index (χ4v) is 5.55. The molecule has 1 aromatic carbocycles. The summed E-state index contributed by atoms with van der Waals surface area (Å²) in [4.78, 5) is 12.5. The van der Waals surface area contributed by atoms with E-state index >= 15 is 0 Å². The number of esters is 1. The second-order valence-corrected chi connectivity index (χ2v) is 8.34. The third-order valence-corrected chi connectivity index (χ3v) is 7.01. The molecule has 0 spiro atoms. The average Bonchev–Trinajstić information content (AvgIpc) is 2.52. The van der Waals surface area contributed by atoms with Crippen molar-refractivity contribution in [1.82, 2.24) is 0 Å². The van der Waals surface area contributed by atoms with Crippen LogP contribution >= 0.6 is 15.9 Å². The van der Waals surface area contributed by atoms with Gasteiger partial charge in [-0.25, -0.2) is 0 Å². The van der Waals surface area contributed by atoms with Crippen LogP contribution in [0.1, 0.15) is 50.7 Å². The van der Waals surface area contributed by atoms with Crippen LogP contribution in [-0.4, -0.2) is 13.1 Å². The van der Waals surface area contributed by atoms with Gasteiger partial charge in [0.25, 0.3) is 0 Å². The minimum Gasteiger partial charge on any atom is -0.469 e. The molecule has 0 heterocycles. The van der Waals surface area contributed by atoms with Gasteiger partial charge in [0.15, 0.2) is 0 Å². The highest BCUT2D eigenvalue weighted by Gasteiger charge is 2.56. The van der Waals surface area contributed by atoms with E-state index in [1.165, 1.54) is 18.2 Å². The summed E-state index contributed by atoms with van der Waals surface area (Å²) in [5.74, 6) is 0.179. The molecule has 4 nitrogen and oxygen atoms in total. The molecule has 3 rings (SSSR count). The minimum absolute atomic E-state index is 0.0703. The third kappa shape index (κ3) is 2.19. The number of ether oxygens (including phenoxy) is 1. The zero-order valence-electron chi connectivity index (χ0n) is 14.0. The number of nitrogens with two attached hydrogens (primary N) is 2. The Morgan fingerprint density at radius 3 is 2.65 bits per heavy atom. The zero-order chi connectivity index (χ0) is 17.0. The van der Waals surface area contributed by atoms with Crippen LogP contribution in [0.3, 0.4) is 0 Å². The van der Waals surface area contributed by atoms with Gasteiger partial charge in [-0.1, -0.05) is 13.3 Å². The van der Waals surface area contributed by atoms with E-state index in [0.717, 1.165) is 36.6 Å². The Hall–Kier alpha value is -1.23. The molecular weight excluding hydrogens is 356 g/mol. The topological polar surface area (TPSA) is 78.3 Å². The first-order valence-corrected chi connectivity index (χ1v) is 9.00. The molecule has 126 valence electrons. The number of anilines is 2. The zero-order valence-corrected chi connectivity index (χ0v) is 15.6. The Morgan fingerprint density at radius 1 is 1.30 bits per heavy atom. The average molecular weight is 381 g/mol. The molecule has 1 fully saturated rings. The molecule has 1 aromatic rings. The second-order valence-electron chi connectivity index (χ2n) is 7.48. The van der Waals surface area contributed by atoms with Gasteiger partial charge in [0.2, 0.25) is 0 Å². The van der Waals surface area contributed by atoms with E-state index in [-0.39, 0.29) is 17.3 Å². The summed E-state index contributed by atoms with van der Waals surface area (Å²) in [6, 6.07) is 2.12. The predicted octanol–water partition coefficient (Wildman–Crippen LogP) is 3.80. The first kappa shape index (κ1) is 16.6. The SMILES string of the molecule is COC(=O)[C@]1(C)CCC[C@]2(C)c3cc(Br)c(N)c(N)c3CCC12. The predicted molar refractivity (Wildman–Crippen MR) is 96.1 cm³/mol. The van der Waals surface area contributed by atoms with Crippen molar-refractivity contribution in [2.24, 2.45) is 11.3 Å². The summed E-state index contributed by atoms with van der Waals surface area (Å²) >= 11 is 3.54. The number of rotatable bonds is 1. The molecule has 1 saturated carbocycles. The summed E-state index contributed by atoms with van der Waals surface area (Å²) < 4.78 is 6.00. The highest BCUT2D eigenvalue weighted by molar-refractivity contribution is 9.10. The Balaban J connectivity index is 2.17. The molecule has 0 saturated heterocycles. The van der Waals surface area contributed by atoms with Gasteiger partial charge in [0.05, 0.1) is 23.9 Å².